The standard InChI is InChI=1S/C12H18N2.C2H6/c1-4-11-8-13-9-14-12(11)7-5-6-10(2)3;1-2/h5-6,8-10H,4,7H2,1-3H3;1-2H3/b6-5-;. The number of nitrogens with zero attached hydrogens (tertiary/aromatic N) is 2. The van der Waals surface area contributed by atoms with Crippen LogP contribution in [0.3, 0.4) is 0 Å². The molecule has 0 atom stereocenters. The molecule has 1 heterocycles. The van der Waals surface area contributed by atoms with E-state index < -0.39 is 0 Å². The van der Waals surface area contributed by atoms with Gasteiger partial charge in [0.05, 0.1) is 5.69 Å². The monoisotopic (exact) mass is 220 g/mol. The molecular formula is C14H24N2. The molecule has 0 aromatic carbocycles. The van der Waals surface area contributed by atoms with Gasteiger partial charge in [-0.25, -0.2) is 9.97 Å². The van der Waals surface area contributed by atoms with Crippen molar-refractivity contribution in [2.75, 3.05) is 0 Å². The van der Waals surface area contributed by atoms with Crippen LogP contribution < -0.4 is 0 Å². The van der Waals surface area contributed by atoms with Crippen molar-refractivity contribution < 1.29 is 0 Å². The number of aromatic nitrogens is 2. The molecule has 0 bridgehead atoms. The van der Waals surface area contributed by atoms with Crippen LogP contribution in [0.15, 0.2) is 24.7 Å². The second-order valence-electron chi connectivity index (χ2n) is 3.72. The van der Waals surface area contributed by atoms with Crippen LogP contribution in [0.5, 0.6) is 0 Å². The lowest BCUT2D eigenvalue weighted by Gasteiger charge is -2.02. The van der Waals surface area contributed by atoms with E-state index >= 15 is 0 Å². The van der Waals surface area contributed by atoms with Gasteiger partial charge in [0.25, 0.3) is 0 Å². The SMILES string of the molecule is CC.CCc1cncnc1C/C=C\C(C)C. The van der Waals surface area contributed by atoms with E-state index in [-0.39, 0.29) is 0 Å². The van der Waals surface area contributed by atoms with Crippen molar-refractivity contribution in [3.63, 3.8) is 0 Å². The first kappa shape index (κ1) is 14.8. The van der Waals surface area contributed by atoms with Crippen LogP contribution in [-0.4, -0.2) is 9.97 Å². The van der Waals surface area contributed by atoms with E-state index in [2.05, 4.69) is 42.9 Å². The second kappa shape index (κ2) is 9.08. The maximum atomic E-state index is 4.28. The van der Waals surface area contributed by atoms with Gasteiger partial charge in [-0.3, -0.25) is 0 Å². The largest absolute Gasteiger partial charge is 0.245 e. The van der Waals surface area contributed by atoms with E-state index in [4.69, 9.17) is 0 Å². The summed E-state index contributed by atoms with van der Waals surface area (Å²) in [7, 11) is 0. The van der Waals surface area contributed by atoms with Crippen LogP contribution in [0.1, 0.15) is 45.9 Å². The highest BCUT2D eigenvalue weighted by molar-refractivity contribution is 5.18. The summed E-state index contributed by atoms with van der Waals surface area (Å²) in [5, 5.41) is 0. The molecule has 1 aromatic heterocycles. The minimum Gasteiger partial charge on any atom is -0.245 e. The zero-order chi connectivity index (χ0) is 12.4. The quantitative estimate of drug-likeness (QED) is 0.721. The molecule has 1 aromatic rings. The van der Waals surface area contributed by atoms with Gasteiger partial charge in [0, 0.05) is 12.6 Å². The number of hydrogen-bond donors (Lipinski definition) is 0. The van der Waals surface area contributed by atoms with Gasteiger partial charge in [-0.2, -0.15) is 0 Å². The van der Waals surface area contributed by atoms with Crippen molar-refractivity contribution in [3.8, 4) is 0 Å². The van der Waals surface area contributed by atoms with Crippen LogP contribution in [0.4, 0.5) is 0 Å². The normalized spacial score (nSPS) is 10.4. The average Bonchev–Trinajstić information content (AvgIpc) is 2.32. The summed E-state index contributed by atoms with van der Waals surface area (Å²) < 4.78 is 0. The number of rotatable bonds is 4. The molecule has 0 saturated carbocycles. The lowest BCUT2D eigenvalue weighted by Crippen LogP contribution is -1.96. The molecule has 0 radical (unpaired) electrons. The van der Waals surface area contributed by atoms with Crippen molar-refractivity contribution in [1.29, 1.82) is 0 Å². The Hall–Kier alpha value is -1.18. The van der Waals surface area contributed by atoms with Crippen LogP contribution in [0.2, 0.25) is 0 Å². The Labute approximate surface area is 99.8 Å². The van der Waals surface area contributed by atoms with E-state index in [1.165, 1.54) is 5.56 Å². The minimum absolute atomic E-state index is 0.613. The summed E-state index contributed by atoms with van der Waals surface area (Å²) >= 11 is 0. The third-order valence-corrected chi connectivity index (χ3v) is 2.09. The first-order valence-electron chi connectivity index (χ1n) is 6.18. The molecule has 90 valence electrons. The van der Waals surface area contributed by atoms with E-state index in [1.807, 2.05) is 20.0 Å². The first-order valence-corrected chi connectivity index (χ1v) is 6.18. The molecule has 0 aliphatic carbocycles. The lowest BCUT2D eigenvalue weighted by molar-refractivity contribution is 0.825. The third-order valence-electron chi connectivity index (χ3n) is 2.09. The molecule has 0 aliphatic rings. The highest BCUT2D eigenvalue weighted by atomic mass is 14.8. The van der Waals surface area contributed by atoms with Gasteiger partial charge in [0.1, 0.15) is 6.33 Å². The first-order chi connectivity index (χ1) is 7.74. The molecule has 16 heavy (non-hydrogen) atoms. The number of allylic oxidation sites excluding steroid dienone is 2. The highest BCUT2D eigenvalue weighted by Gasteiger charge is 1.99. The third kappa shape index (κ3) is 5.64. The second-order valence-corrected chi connectivity index (χ2v) is 3.72. The summed E-state index contributed by atoms with van der Waals surface area (Å²) in [5.41, 5.74) is 2.40. The smallest absolute Gasteiger partial charge is 0.115 e. The Morgan fingerprint density at radius 1 is 1.31 bits per heavy atom. The highest BCUT2D eigenvalue weighted by Crippen LogP contribution is 2.06. The molecule has 0 fully saturated rings. The van der Waals surface area contributed by atoms with Gasteiger partial charge < -0.3 is 0 Å². The van der Waals surface area contributed by atoms with E-state index in [0.29, 0.717) is 5.92 Å². The van der Waals surface area contributed by atoms with E-state index in [1.54, 1.807) is 6.33 Å². The summed E-state index contributed by atoms with van der Waals surface area (Å²) in [6, 6.07) is 0. The Balaban J connectivity index is 0.00000106. The summed E-state index contributed by atoms with van der Waals surface area (Å²) in [4.78, 5) is 8.31. The fourth-order valence-corrected chi connectivity index (χ4v) is 1.31. The molecule has 0 saturated heterocycles. The Morgan fingerprint density at radius 2 is 2.00 bits per heavy atom. The van der Waals surface area contributed by atoms with Crippen molar-refractivity contribution in [2.24, 2.45) is 5.92 Å². The maximum absolute atomic E-state index is 4.28. The van der Waals surface area contributed by atoms with E-state index in [0.717, 1.165) is 18.5 Å². The Bertz CT molecular complexity index is 303. The topological polar surface area (TPSA) is 25.8 Å². The molecule has 2 nitrogen and oxygen atoms in total. The number of aryl methyl sites for hydroxylation is 1. The summed E-state index contributed by atoms with van der Waals surface area (Å²) in [6.45, 7) is 10.5. The van der Waals surface area contributed by atoms with Gasteiger partial charge >= 0.3 is 0 Å². The molecule has 0 unspecified atom stereocenters. The zero-order valence-corrected chi connectivity index (χ0v) is 11.2. The summed E-state index contributed by atoms with van der Waals surface area (Å²) in [5.74, 6) is 0.613. The fourth-order valence-electron chi connectivity index (χ4n) is 1.31. The molecular weight excluding hydrogens is 196 g/mol. The molecule has 0 N–H and O–H groups in total. The molecule has 0 aliphatic heterocycles. The van der Waals surface area contributed by atoms with Gasteiger partial charge in [0.2, 0.25) is 0 Å². The molecule has 2 heteroatoms. The predicted octanol–water partition coefficient (Wildman–Crippen LogP) is 3.82. The van der Waals surface area contributed by atoms with Gasteiger partial charge in [-0.1, -0.05) is 46.8 Å². The Morgan fingerprint density at radius 3 is 2.56 bits per heavy atom. The van der Waals surface area contributed by atoms with Crippen LogP contribution in [-0.2, 0) is 12.8 Å². The van der Waals surface area contributed by atoms with Gasteiger partial charge in [-0.15, -0.1) is 0 Å². The maximum Gasteiger partial charge on any atom is 0.115 e. The fraction of sp³-hybridized carbons (Fsp3) is 0.571. The lowest BCUT2D eigenvalue weighted by atomic mass is 10.1. The van der Waals surface area contributed by atoms with Crippen LogP contribution in [0, 0.1) is 5.92 Å². The minimum atomic E-state index is 0.613. The van der Waals surface area contributed by atoms with Crippen molar-refractivity contribution in [3.05, 3.63) is 35.9 Å². The average molecular weight is 220 g/mol. The van der Waals surface area contributed by atoms with Crippen LogP contribution >= 0.6 is 0 Å². The number of hydrogen-bond acceptors (Lipinski definition) is 2. The van der Waals surface area contributed by atoms with Crippen molar-refractivity contribution in [1.82, 2.24) is 9.97 Å². The zero-order valence-electron chi connectivity index (χ0n) is 11.2. The summed E-state index contributed by atoms with van der Waals surface area (Å²) in [6.07, 6.45) is 9.85. The van der Waals surface area contributed by atoms with E-state index in [9.17, 15) is 0 Å². The molecule has 0 amide bonds. The molecule has 0 spiro atoms. The predicted molar refractivity (Wildman–Crippen MR) is 70.4 cm³/mol. The van der Waals surface area contributed by atoms with Crippen molar-refractivity contribution >= 4 is 0 Å². The van der Waals surface area contributed by atoms with Gasteiger partial charge in [-0.05, 0) is 17.9 Å². The Kier molecular flexibility index (Phi) is 8.41. The molecule has 1 rings (SSSR count). The van der Waals surface area contributed by atoms with Gasteiger partial charge in [0.15, 0.2) is 0 Å². The van der Waals surface area contributed by atoms with Crippen LogP contribution in [0.25, 0.3) is 0 Å². The van der Waals surface area contributed by atoms with Crippen molar-refractivity contribution in [2.45, 2.75) is 47.5 Å².